The lowest BCUT2D eigenvalue weighted by Crippen LogP contribution is -2.46. The van der Waals surface area contributed by atoms with Gasteiger partial charge in [-0.25, -0.2) is 0 Å². The van der Waals surface area contributed by atoms with Gasteiger partial charge in [-0.15, -0.1) is 0 Å². The molecule has 0 aliphatic carbocycles. The summed E-state index contributed by atoms with van der Waals surface area (Å²) in [5.74, 6) is -0.123. The highest BCUT2D eigenvalue weighted by atomic mass is 16.2. The van der Waals surface area contributed by atoms with Crippen molar-refractivity contribution in [2.24, 2.45) is 0 Å². The maximum atomic E-state index is 11.7. The van der Waals surface area contributed by atoms with Crippen LogP contribution in [0.25, 0.3) is 0 Å². The molecule has 2 amide bonds. The first-order chi connectivity index (χ1) is 8.00. The van der Waals surface area contributed by atoms with Crippen LogP contribution < -0.4 is 10.6 Å². The highest BCUT2D eigenvalue weighted by molar-refractivity contribution is 5.87. The zero-order valence-electron chi connectivity index (χ0n) is 11.0. The van der Waals surface area contributed by atoms with Gasteiger partial charge < -0.3 is 15.5 Å². The molecule has 1 fully saturated rings. The number of hydrogen-bond acceptors (Lipinski definition) is 3. The third-order valence-electron chi connectivity index (χ3n) is 3.03. The Bertz CT molecular complexity index is 273. The Morgan fingerprint density at radius 1 is 1.41 bits per heavy atom. The largest absolute Gasteiger partial charge is 0.347 e. The number of nitrogens with one attached hydrogen (secondary N) is 2. The second kappa shape index (κ2) is 6.59. The van der Waals surface area contributed by atoms with Gasteiger partial charge in [-0.05, 0) is 26.3 Å². The van der Waals surface area contributed by atoms with Crippen LogP contribution in [-0.2, 0) is 9.59 Å². The summed E-state index contributed by atoms with van der Waals surface area (Å²) in [5, 5.41) is 6.06. The summed E-state index contributed by atoms with van der Waals surface area (Å²) < 4.78 is 0. The van der Waals surface area contributed by atoms with Gasteiger partial charge in [0.05, 0.1) is 0 Å². The highest BCUT2D eigenvalue weighted by Gasteiger charge is 2.20. The van der Waals surface area contributed by atoms with Crippen LogP contribution in [0.15, 0.2) is 0 Å². The SMILES string of the molecule is CC(NC(=O)CC1CCCCN1)C(=O)N(C)C. The standard InChI is InChI=1S/C12H23N3O2/c1-9(12(17)15(2)3)14-11(16)8-10-6-4-5-7-13-10/h9-10,13H,4-8H2,1-3H3,(H,14,16). The average molecular weight is 241 g/mol. The molecule has 5 heteroatoms. The zero-order valence-corrected chi connectivity index (χ0v) is 11.0. The van der Waals surface area contributed by atoms with Crippen molar-refractivity contribution >= 4 is 11.8 Å². The van der Waals surface area contributed by atoms with Gasteiger partial charge in [-0.3, -0.25) is 9.59 Å². The number of carbonyl (C=O) groups excluding carboxylic acids is 2. The topological polar surface area (TPSA) is 61.4 Å². The summed E-state index contributed by atoms with van der Waals surface area (Å²) in [7, 11) is 3.38. The van der Waals surface area contributed by atoms with E-state index in [0.717, 1.165) is 13.0 Å². The molecular formula is C12H23N3O2. The first kappa shape index (κ1) is 14.0. The molecule has 0 aromatic rings. The van der Waals surface area contributed by atoms with Crippen LogP contribution in [0.3, 0.4) is 0 Å². The Morgan fingerprint density at radius 2 is 2.12 bits per heavy atom. The number of nitrogens with zero attached hydrogens (tertiary/aromatic N) is 1. The number of hydrogen-bond donors (Lipinski definition) is 2. The van der Waals surface area contributed by atoms with Crippen molar-refractivity contribution in [3.63, 3.8) is 0 Å². The van der Waals surface area contributed by atoms with Crippen LogP contribution in [0.4, 0.5) is 0 Å². The Labute approximate surface area is 103 Å². The third-order valence-corrected chi connectivity index (χ3v) is 3.03. The van der Waals surface area contributed by atoms with Gasteiger partial charge in [-0.2, -0.15) is 0 Å². The van der Waals surface area contributed by atoms with E-state index in [-0.39, 0.29) is 17.9 Å². The van der Waals surface area contributed by atoms with E-state index in [2.05, 4.69) is 10.6 Å². The van der Waals surface area contributed by atoms with Crippen molar-refractivity contribution in [3.05, 3.63) is 0 Å². The van der Waals surface area contributed by atoms with Crippen LogP contribution in [0.5, 0.6) is 0 Å². The fourth-order valence-electron chi connectivity index (χ4n) is 2.07. The molecule has 2 atom stereocenters. The molecule has 17 heavy (non-hydrogen) atoms. The molecule has 0 aromatic heterocycles. The monoisotopic (exact) mass is 241 g/mol. The summed E-state index contributed by atoms with van der Waals surface area (Å²) in [6, 6.07) is -0.175. The Balaban J connectivity index is 2.30. The number of piperidine rings is 1. The molecule has 1 aliphatic rings. The van der Waals surface area contributed by atoms with Gasteiger partial charge in [0.25, 0.3) is 0 Å². The number of rotatable bonds is 4. The molecule has 1 saturated heterocycles. The minimum Gasteiger partial charge on any atom is -0.347 e. The summed E-state index contributed by atoms with van der Waals surface area (Å²) in [6.07, 6.45) is 3.87. The first-order valence-electron chi connectivity index (χ1n) is 6.24. The van der Waals surface area contributed by atoms with E-state index in [9.17, 15) is 9.59 Å². The van der Waals surface area contributed by atoms with E-state index in [0.29, 0.717) is 6.42 Å². The maximum Gasteiger partial charge on any atom is 0.244 e. The number of carbonyl (C=O) groups is 2. The van der Waals surface area contributed by atoms with Gasteiger partial charge in [0, 0.05) is 26.6 Å². The minimum atomic E-state index is -0.443. The lowest BCUT2D eigenvalue weighted by atomic mass is 10.0. The van der Waals surface area contributed by atoms with Crippen LogP contribution in [0.1, 0.15) is 32.6 Å². The van der Waals surface area contributed by atoms with Gasteiger partial charge in [0.15, 0.2) is 0 Å². The van der Waals surface area contributed by atoms with Gasteiger partial charge >= 0.3 is 0 Å². The van der Waals surface area contributed by atoms with E-state index in [1.807, 2.05) is 0 Å². The predicted octanol–water partition coefficient (Wildman–Crippen LogP) is 0.112. The van der Waals surface area contributed by atoms with Gasteiger partial charge in [0.1, 0.15) is 6.04 Å². The van der Waals surface area contributed by atoms with Crippen molar-refractivity contribution in [2.75, 3.05) is 20.6 Å². The second-order valence-corrected chi connectivity index (χ2v) is 4.87. The highest BCUT2D eigenvalue weighted by Crippen LogP contribution is 2.09. The molecule has 5 nitrogen and oxygen atoms in total. The van der Waals surface area contributed by atoms with Gasteiger partial charge in [0.2, 0.25) is 11.8 Å². The molecule has 2 unspecified atom stereocenters. The summed E-state index contributed by atoms with van der Waals surface area (Å²) >= 11 is 0. The third kappa shape index (κ3) is 4.73. The fraction of sp³-hybridized carbons (Fsp3) is 0.833. The molecule has 0 bridgehead atoms. The average Bonchev–Trinajstić information content (AvgIpc) is 2.28. The quantitative estimate of drug-likeness (QED) is 0.734. The molecule has 0 spiro atoms. The maximum absolute atomic E-state index is 11.7. The predicted molar refractivity (Wildman–Crippen MR) is 66.6 cm³/mol. The van der Waals surface area contributed by atoms with E-state index in [1.54, 1.807) is 21.0 Å². The number of amides is 2. The smallest absolute Gasteiger partial charge is 0.244 e. The van der Waals surface area contributed by atoms with E-state index in [4.69, 9.17) is 0 Å². The lowest BCUT2D eigenvalue weighted by Gasteiger charge is -2.24. The van der Waals surface area contributed by atoms with Crippen molar-refractivity contribution < 1.29 is 9.59 Å². The van der Waals surface area contributed by atoms with Crippen LogP contribution in [0.2, 0.25) is 0 Å². The van der Waals surface area contributed by atoms with E-state index in [1.165, 1.54) is 17.7 Å². The molecule has 1 heterocycles. The molecule has 0 saturated carbocycles. The zero-order chi connectivity index (χ0) is 12.8. The van der Waals surface area contributed by atoms with Crippen molar-refractivity contribution in [1.82, 2.24) is 15.5 Å². The van der Waals surface area contributed by atoms with Crippen LogP contribution in [0, 0.1) is 0 Å². The van der Waals surface area contributed by atoms with E-state index < -0.39 is 6.04 Å². The Hall–Kier alpha value is -1.10. The summed E-state index contributed by atoms with van der Waals surface area (Å²) in [5.41, 5.74) is 0. The van der Waals surface area contributed by atoms with E-state index >= 15 is 0 Å². The summed E-state index contributed by atoms with van der Waals surface area (Å²) in [6.45, 7) is 2.71. The second-order valence-electron chi connectivity index (χ2n) is 4.87. The Morgan fingerprint density at radius 3 is 2.65 bits per heavy atom. The molecule has 1 aliphatic heterocycles. The van der Waals surface area contributed by atoms with Crippen LogP contribution >= 0.6 is 0 Å². The lowest BCUT2D eigenvalue weighted by molar-refractivity contribution is -0.134. The minimum absolute atomic E-state index is 0.0490. The fourth-order valence-corrected chi connectivity index (χ4v) is 2.07. The number of likely N-dealkylation sites (N-methyl/N-ethyl adjacent to an activating group) is 1. The molecule has 98 valence electrons. The Kier molecular flexibility index (Phi) is 5.41. The molecule has 0 radical (unpaired) electrons. The van der Waals surface area contributed by atoms with Crippen LogP contribution in [-0.4, -0.2) is 49.4 Å². The molecular weight excluding hydrogens is 218 g/mol. The van der Waals surface area contributed by atoms with Crippen molar-refractivity contribution in [3.8, 4) is 0 Å². The molecule has 2 N–H and O–H groups in total. The van der Waals surface area contributed by atoms with Crippen molar-refractivity contribution in [2.45, 2.75) is 44.7 Å². The molecule has 1 rings (SSSR count). The summed E-state index contributed by atoms with van der Waals surface area (Å²) in [4.78, 5) is 24.8. The van der Waals surface area contributed by atoms with Crippen molar-refractivity contribution in [1.29, 1.82) is 0 Å². The first-order valence-corrected chi connectivity index (χ1v) is 6.24. The molecule has 0 aromatic carbocycles. The normalized spacial score (nSPS) is 21.7. The van der Waals surface area contributed by atoms with Gasteiger partial charge in [-0.1, -0.05) is 6.42 Å².